The summed E-state index contributed by atoms with van der Waals surface area (Å²) in [4.78, 5) is 23.2. The summed E-state index contributed by atoms with van der Waals surface area (Å²) in [5.74, 6) is -0.423. The highest BCUT2D eigenvalue weighted by Gasteiger charge is 2.12. The number of esters is 1. The average Bonchev–Trinajstić information content (AvgIpc) is 2.45. The SMILES string of the molecule is COC(=O)C(CNC(=O)NCc1ccccc1)=C(C)C. The third-order valence-electron chi connectivity index (χ3n) is 2.76. The summed E-state index contributed by atoms with van der Waals surface area (Å²) in [6.07, 6.45) is 0. The lowest BCUT2D eigenvalue weighted by molar-refractivity contribution is -0.136. The van der Waals surface area contributed by atoms with Crippen LogP contribution in [0.2, 0.25) is 0 Å². The van der Waals surface area contributed by atoms with E-state index >= 15 is 0 Å². The van der Waals surface area contributed by atoms with Gasteiger partial charge in [-0.25, -0.2) is 9.59 Å². The summed E-state index contributed by atoms with van der Waals surface area (Å²) in [6.45, 7) is 4.19. The fraction of sp³-hybridized carbons (Fsp3) is 0.333. The second-order valence-corrected chi connectivity index (χ2v) is 4.49. The van der Waals surface area contributed by atoms with Gasteiger partial charge in [0.15, 0.2) is 0 Å². The van der Waals surface area contributed by atoms with Crippen LogP contribution in [0.1, 0.15) is 19.4 Å². The van der Waals surface area contributed by atoms with Crippen LogP contribution in [0.15, 0.2) is 41.5 Å². The van der Waals surface area contributed by atoms with Crippen molar-refractivity contribution >= 4 is 12.0 Å². The van der Waals surface area contributed by atoms with Crippen LogP contribution in [0.25, 0.3) is 0 Å². The minimum atomic E-state index is -0.423. The molecule has 0 aliphatic heterocycles. The molecule has 0 spiro atoms. The Morgan fingerprint density at radius 3 is 2.30 bits per heavy atom. The van der Waals surface area contributed by atoms with Crippen molar-refractivity contribution in [3.8, 4) is 0 Å². The number of urea groups is 1. The number of carbonyl (C=O) groups is 2. The topological polar surface area (TPSA) is 67.4 Å². The van der Waals surface area contributed by atoms with Crippen LogP contribution in [0, 0.1) is 0 Å². The van der Waals surface area contributed by atoms with Gasteiger partial charge in [-0.15, -0.1) is 0 Å². The number of hydrogen-bond acceptors (Lipinski definition) is 3. The van der Waals surface area contributed by atoms with Gasteiger partial charge in [0.2, 0.25) is 0 Å². The zero-order chi connectivity index (χ0) is 15.0. The Kier molecular flexibility index (Phi) is 6.29. The normalized spacial score (nSPS) is 9.55. The molecule has 0 aliphatic rings. The number of carbonyl (C=O) groups excluding carboxylic acids is 2. The van der Waals surface area contributed by atoms with Gasteiger partial charge < -0.3 is 15.4 Å². The molecule has 0 aliphatic carbocycles. The van der Waals surface area contributed by atoms with E-state index in [0.29, 0.717) is 12.1 Å². The summed E-state index contributed by atoms with van der Waals surface area (Å²) in [5, 5.41) is 5.37. The zero-order valence-electron chi connectivity index (χ0n) is 12.0. The smallest absolute Gasteiger partial charge is 0.335 e. The number of benzene rings is 1. The quantitative estimate of drug-likeness (QED) is 0.638. The highest BCUT2D eigenvalue weighted by molar-refractivity contribution is 5.90. The first-order valence-corrected chi connectivity index (χ1v) is 6.35. The van der Waals surface area contributed by atoms with Gasteiger partial charge in [0.1, 0.15) is 0 Å². The van der Waals surface area contributed by atoms with Crippen molar-refractivity contribution in [3.05, 3.63) is 47.0 Å². The van der Waals surface area contributed by atoms with E-state index < -0.39 is 5.97 Å². The second-order valence-electron chi connectivity index (χ2n) is 4.49. The molecule has 0 heterocycles. The highest BCUT2D eigenvalue weighted by Crippen LogP contribution is 2.04. The number of nitrogens with one attached hydrogen (secondary N) is 2. The maximum Gasteiger partial charge on any atom is 0.335 e. The van der Waals surface area contributed by atoms with Crippen LogP contribution in [0.4, 0.5) is 4.79 Å². The van der Waals surface area contributed by atoms with Crippen LogP contribution < -0.4 is 10.6 Å². The Labute approximate surface area is 119 Å². The van der Waals surface area contributed by atoms with E-state index in [9.17, 15) is 9.59 Å². The zero-order valence-corrected chi connectivity index (χ0v) is 12.0. The molecule has 5 heteroatoms. The summed E-state index contributed by atoms with van der Waals surface area (Å²) < 4.78 is 4.67. The molecule has 1 rings (SSSR count). The van der Waals surface area contributed by atoms with E-state index in [2.05, 4.69) is 15.4 Å². The van der Waals surface area contributed by atoms with Gasteiger partial charge in [0.05, 0.1) is 19.2 Å². The van der Waals surface area contributed by atoms with Gasteiger partial charge in [-0.1, -0.05) is 35.9 Å². The number of hydrogen-bond donors (Lipinski definition) is 2. The maximum absolute atomic E-state index is 11.7. The van der Waals surface area contributed by atoms with Gasteiger partial charge in [0.25, 0.3) is 0 Å². The minimum absolute atomic E-state index is 0.148. The van der Waals surface area contributed by atoms with Crippen molar-refractivity contribution in [3.63, 3.8) is 0 Å². The van der Waals surface area contributed by atoms with Crippen molar-refractivity contribution < 1.29 is 14.3 Å². The van der Waals surface area contributed by atoms with E-state index in [1.165, 1.54) is 7.11 Å². The number of allylic oxidation sites excluding steroid dienone is 1. The molecule has 1 aromatic rings. The Bertz CT molecular complexity index is 491. The largest absolute Gasteiger partial charge is 0.466 e. The van der Waals surface area contributed by atoms with E-state index in [1.807, 2.05) is 30.3 Å². The molecule has 2 N–H and O–H groups in total. The van der Waals surface area contributed by atoms with Gasteiger partial charge in [-0.3, -0.25) is 0 Å². The lowest BCUT2D eigenvalue weighted by Gasteiger charge is -2.10. The molecular formula is C15H20N2O3. The standard InChI is InChI=1S/C15H20N2O3/c1-11(2)13(14(18)20-3)10-17-15(19)16-9-12-7-5-4-6-8-12/h4-8H,9-10H2,1-3H3,(H2,16,17,19). The summed E-state index contributed by atoms with van der Waals surface area (Å²) in [7, 11) is 1.32. The highest BCUT2D eigenvalue weighted by atomic mass is 16.5. The molecule has 0 radical (unpaired) electrons. The van der Waals surface area contributed by atoms with Crippen LogP contribution in [-0.4, -0.2) is 25.7 Å². The first-order chi connectivity index (χ1) is 9.54. The summed E-state index contributed by atoms with van der Waals surface area (Å²) in [6, 6.07) is 9.27. The molecule has 0 fully saturated rings. The average molecular weight is 276 g/mol. The van der Waals surface area contributed by atoms with Crippen LogP contribution in [0.5, 0.6) is 0 Å². The van der Waals surface area contributed by atoms with Gasteiger partial charge in [-0.05, 0) is 19.4 Å². The van der Waals surface area contributed by atoms with Gasteiger partial charge >= 0.3 is 12.0 Å². The first kappa shape index (κ1) is 15.8. The Balaban J connectivity index is 2.43. The fourth-order valence-electron chi connectivity index (χ4n) is 1.59. The maximum atomic E-state index is 11.7. The fourth-order valence-corrected chi connectivity index (χ4v) is 1.59. The van der Waals surface area contributed by atoms with Crippen molar-refractivity contribution in [1.82, 2.24) is 10.6 Å². The van der Waals surface area contributed by atoms with Gasteiger partial charge in [-0.2, -0.15) is 0 Å². The third-order valence-corrected chi connectivity index (χ3v) is 2.76. The van der Waals surface area contributed by atoms with E-state index in [0.717, 1.165) is 11.1 Å². The van der Waals surface area contributed by atoms with Crippen LogP contribution in [-0.2, 0) is 16.1 Å². The molecule has 0 bridgehead atoms. The summed E-state index contributed by atoms with van der Waals surface area (Å²) in [5.41, 5.74) is 2.29. The van der Waals surface area contributed by atoms with E-state index in [-0.39, 0.29) is 12.6 Å². The molecule has 0 saturated carbocycles. The molecule has 0 saturated heterocycles. The molecule has 2 amide bonds. The molecule has 0 unspecified atom stereocenters. The lowest BCUT2D eigenvalue weighted by atomic mass is 10.1. The second kappa shape index (κ2) is 7.99. The van der Waals surface area contributed by atoms with Crippen molar-refractivity contribution in [2.45, 2.75) is 20.4 Å². The monoisotopic (exact) mass is 276 g/mol. The third kappa shape index (κ3) is 5.14. The molecule has 0 atom stereocenters. The molecule has 20 heavy (non-hydrogen) atoms. The van der Waals surface area contributed by atoms with Crippen molar-refractivity contribution in [2.24, 2.45) is 0 Å². The minimum Gasteiger partial charge on any atom is -0.466 e. The molecule has 5 nitrogen and oxygen atoms in total. The Morgan fingerprint density at radius 2 is 1.75 bits per heavy atom. The number of ether oxygens (including phenoxy) is 1. The number of methoxy groups -OCH3 is 1. The predicted molar refractivity (Wildman–Crippen MR) is 77.1 cm³/mol. The lowest BCUT2D eigenvalue weighted by Crippen LogP contribution is -2.37. The van der Waals surface area contributed by atoms with E-state index in [1.54, 1.807) is 13.8 Å². The summed E-state index contributed by atoms with van der Waals surface area (Å²) >= 11 is 0. The van der Waals surface area contributed by atoms with E-state index in [4.69, 9.17) is 0 Å². The Morgan fingerprint density at radius 1 is 1.10 bits per heavy atom. The van der Waals surface area contributed by atoms with Crippen molar-refractivity contribution in [2.75, 3.05) is 13.7 Å². The Hall–Kier alpha value is -2.30. The molecular weight excluding hydrogens is 256 g/mol. The van der Waals surface area contributed by atoms with Gasteiger partial charge in [0, 0.05) is 6.54 Å². The van der Waals surface area contributed by atoms with Crippen LogP contribution >= 0.6 is 0 Å². The molecule has 0 aromatic heterocycles. The first-order valence-electron chi connectivity index (χ1n) is 6.35. The number of rotatable bonds is 5. The van der Waals surface area contributed by atoms with Crippen molar-refractivity contribution in [1.29, 1.82) is 0 Å². The van der Waals surface area contributed by atoms with Crippen LogP contribution in [0.3, 0.4) is 0 Å². The number of amides is 2. The molecule has 108 valence electrons. The predicted octanol–water partition coefficient (Wildman–Crippen LogP) is 2.00. The molecule has 1 aromatic carbocycles.